The number of rotatable bonds is 3. The molecule has 0 saturated heterocycles. The van der Waals surface area contributed by atoms with Crippen LogP contribution in [0.3, 0.4) is 0 Å². The first kappa shape index (κ1) is 13.6. The van der Waals surface area contributed by atoms with Gasteiger partial charge in [-0.3, -0.25) is 9.97 Å². The third-order valence-electron chi connectivity index (χ3n) is 3.54. The van der Waals surface area contributed by atoms with Gasteiger partial charge in [0.1, 0.15) is 5.82 Å². The number of aromatic nitrogens is 2. The second kappa shape index (κ2) is 5.58. The Morgan fingerprint density at radius 1 is 1.14 bits per heavy atom. The van der Waals surface area contributed by atoms with Crippen molar-refractivity contribution in [3.63, 3.8) is 0 Å². The van der Waals surface area contributed by atoms with E-state index in [4.69, 9.17) is 0 Å². The highest BCUT2D eigenvalue weighted by Crippen LogP contribution is 2.28. The number of nitrogens with zero attached hydrogens (tertiary/aromatic N) is 2. The van der Waals surface area contributed by atoms with Gasteiger partial charge in [-0.1, -0.05) is 18.2 Å². The first-order valence-electron chi connectivity index (χ1n) is 6.83. The molecular formula is C17H16FN3. The molecule has 0 saturated carbocycles. The van der Waals surface area contributed by atoms with E-state index in [0.29, 0.717) is 0 Å². The van der Waals surface area contributed by atoms with Crippen LogP contribution in [0.1, 0.15) is 22.9 Å². The molecule has 2 aromatic heterocycles. The minimum atomic E-state index is -0.331. The molecule has 2 heterocycles. The maximum atomic E-state index is 13.5. The van der Waals surface area contributed by atoms with E-state index in [1.165, 1.54) is 12.3 Å². The zero-order valence-corrected chi connectivity index (χ0v) is 12.0. The normalized spacial score (nSPS) is 12.5. The second-order valence-corrected chi connectivity index (χ2v) is 5.03. The van der Waals surface area contributed by atoms with E-state index in [1.807, 2.05) is 44.3 Å². The van der Waals surface area contributed by atoms with Crippen LogP contribution in [-0.4, -0.2) is 17.0 Å². The first-order valence-corrected chi connectivity index (χ1v) is 6.83. The van der Waals surface area contributed by atoms with E-state index in [1.54, 1.807) is 6.20 Å². The van der Waals surface area contributed by atoms with Crippen LogP contribution >= 0.6 is 0 Å². The van der Waals surface area contributed by atoms with Gasteiger partial charge in [-0.25, -0.2) is 4.39 Å². The molecule has 0 fully saturated rings. The molecule has 4 heteroatoms. The fraction of sp³-hybridized carbons (Fsp3) is 0.176. The summed E-state index contributed by atoms with van der Waals surface area (Å²) in [5, 5.41) is 4.31. The molecular weight excluding hydrogens is 265 g/mol. The van der Waals surface area contributed by atoms with Gasteiger partial charge in [0.2, 0.25) is 0 Å². The number of halogens is 1. The molecule has 1 aromatic carbocycles. The smallest absolute Gasteiger partial charge is 0.141 e. The molecule has 0 spiro atoms. The summed E-state index contributed by atoms with van der Waals surface area (Å²) in [6.45, 7) is 1.96. The number of nitrogens with one attached hydrogen (secondary N) is 1. The lowest BCUT2D eigenvalue weighted by Crippen LogP contribution is -2.18. The summed E-state index contributed by atoms with van der Waals surface area (Å²) >= 11 is 0. The molecule has 21 heavy (non-hydrogen) atoms. The van der Waals surface area contributed by atoms with Crippen LogP contribution in [-0.2, 0) is 0 Å². The molecule has 1 N–H and O–H groups in total. The Labute approximate surface area is 122 Å². The minimum absolute atomic E-state index is 0.125. The van der Waals surface area contributed by atoms with E-state index in [2.05, 4.69) is 15.3 Å². The number of benzene rings is 1. The van der Waals surface area contributed by atoms with Crippen molar-refractivity contribution >= 4 is 10.9 Å². The predicted octanol–water partition coefficient (Wildman–Crippen LogP) is 3.39. The Kier molecular flexibility index (Phi) is 3.62. The third kappa shape index (κ3) is 2.62. The van der Waals surface area contributed by atoms with E-state index in [9.17, 15) is 4.39 Å². The van der Waals surface area contributed by atoms with E-state index < -0.39 is 0 Å². The van der Waals surface area contributed by atoms with Gasteiger partial charge in [0.25, 0.3) is 0 Å². The SMILES string of the molecule is CNC(c1cncc(F)c1)c1cc(C)nc2ccccc12. The number of para-hydroxylation sites is 1. The lowest BCUT2D eigenvalue weighted by atomic mass is 9.96. The van der Waals surface area contributed by atoms with Crippen molar-refractivity contribution in [1.82, 2.24) is 15.3 Å². The fourth-order valence-corrected chi connectivity index (χ4v) is 2.67. The lowest BCUT2D eigenvalue weighted by molar-refractivity contribution is 0.609. The van der Waals surface area contributed by atoms with Gasteiger partial charge in [-0.15, -0.1) is 0 Å². The summed E-state index contributed by atoms with van der Waals surface area (Å²) in [6.07, 6.45) is 2.90. The highest BCUT2D eigenvalue weighted by molar-refractivity contribution is 5.83. The Morgan fingerprint density at radius 2 is 1.95 bits per heavy atom. The Balaban J connectivity index is 2.21. The molecule has 1 atom stereocenters. The van der Waals surface area contributed by atoms with Crippen LogP contribution < -0.4 is 5.32 Å². The zero-order valence-electron chi connectivity index (χ0n) is 12.0. The zero-order chi connectivity index (χ0) is 14.8. The van der Waals surface area contributed by atoms with E-state index in [0.717, 1.165) is 27.7 Å². The average Bonchev–Trinajstić information content (AvgIpc) is 2.48. The molecule has 3 aromatic rings. The lowest BCUT2D eigenvalue weighted by Gasteiger charge is -2.19. The van der Waals surface area contributed by atoms with E-state index in [-0.39, 0.29) is 11.9 Å². The maximum absolute atomic E-state index is 13.5. The quantitative estimate of drug-likeness (QED) is 0.799. The molecule has 106 valence electrons. The van der Waals surface area contributed by atoms with Crippen molar-refractivity contribution in [2.75, 3.05) is 7.05 Å². The molecule has 1 unspecified atom stereocenters. The van der Waals surface area contributed by atoms with Crippen LogP contribution in [0.5, 0.6) is 0 Å². The van der Waals surface area contributed by atoms with Crippen LogP contribution in [0.25, 0.3) is 10.9 Å². The van der Waals surface area contributed by atoms with Gasteiger partial charge < -0.3 is 5.32 Å². The summed E-state index contributed by atoms with van der Waals surface area (Å²) < 4.78 is 13.5. The minimum Gasteiger partial charge on any atom is -0.309 e. The highest BCUT2D eigenvalue weighted by Gasteiger charge is 2.16. The van der Waals surface area contributed by atoms with Crippen molar-refractivity contribution < 1.29 is 4.39 Å². The van der Waals surface area contributed by atoms with Crippen LogP contribution in [0.2, 0.25) is 0 Å². The summed E-state index contributed by atoms with van der Waals surface area (Å²) in [5.41, 5.74) is 3.76. The fourth-order valence-electron chi connectivity index (χ4n) is 2.67. The van der Waals surface area contributed by atoms with Gasteiger partial charge in [-0.2, -0.15) is 0 Å². The maximum Gasteiger partial charge on any atom is 0.141 e. The molecule has 0 aliphatic rings. The topological polar surface area (TPSA) is 37.8 Å². The largest absolute Gasteiger partial charge is 0.309 e. The Morgan fingerprint density at radius 3 is 2.71 bits per heavy atom. The number of pyridine rings is 2. The van der Waals surface area contributed by atoms with Crippen molar-refractivity contribution in [3.05, 3.63) is 71.4 Å². The summed E-state index contributed by atoms with van der Waals surface area (Å²) in [7, 11) is 1.86. The number of hydrogen-bond donors (Lipinski definition) is 1. The van der Waals surface area contributed by atoms with Gasteiger partial charge in [0, 0.05) is 17.3 Å². The number of fused-ring (bicyclic) bond motifs is 1. The summed E-state index contributed by atoms with van der Waals surface area (Å²) in [4.78, 5) is 8.50. The molecule has 3 rings (SSSR count). The van der Waals surface area contributed by atoms with Gasteiger partial charge >= 0.3 is 0 Å². The van der Waals surface area contributed by atoms with Crippen molar-refractivity contribution in [3.8, 4) is 0 Å². The molecule has 0 aliphatic carbocycles. The highest BCUT2D eigenvalue weighted by atomic mass is 19.1. The van der Waals surface area contributed by atoms with Gasteiger partial charge in [0.05, 0.1) is 17.8 Å². The van der Waals surface area contributed by atoms with Crippen molar-refractivity contribution in [2.24, 2.45) is 0 Å². The third-order valence-corrected chi connectivity index (χ3v) is 3.54. The van der Waals surface area contributed by atoms with Crippen LogP contribution in [0, 0.1) is 12.7 Å². The molecule has 0 amide bonds. The Hall–Kier alpha value is -2.33. The second-order valence-electron chi connectivity index (χ2n) is 5.03. The summed E-state index contributed by atoms with van der Waals surface area (Å²) in [5.74, 6) is -0.331. The number of hydrogen-bond acceptors (Lipinski definition) is 3. The van der Waals surface area contributed by atoms with Crippen molar-refractivity contribution in [2.45, 2.75) is 13.0 Å². The summed E-state index contributed by atoms with van der Waals surface area (Å²) in [6, 6.07) is 11.4. The van der Waals surface area contributed by atoms with E-state index >= 15 is 0 Å². The standard InChI is InChI=1S/C17H16FN3/c1-11-7-15(14-5-3-4-6-16(14)21-11)17(19-2)12-8-13(18)10-20-9-12/h3-10,17,19H,1-2H3. The molecule has 3 nitrogen and oxygen atoms in total. The van der Waals surface area contributed by atoms with Gasteiger partial charge in [0.15, 0.2) is 0 Å². The molecule has 0 radical (unpaired) electrons. The van der Waals surface area contributed by atoms with Crippen molar-refractivity contribution in [1.29, 1.82) is 0 Å². The average molecular weight is 281 g/mol. The van der Waals surface area contributed by atoms with Crippen LogP contribution in [0.15, 0.2) is 48.8 Å². The van der Waals surface area contributed by atoms with Crippen LogP contribution in [0.4, 0.5) is 4.39 Å². The molecule has 0 bridgehead atoms. The monoisotopic (exact) mass is 281 g/mol. The first-order chi connectivity index (χ1) is 10.2. The van der Waals surface area contributed by atoms with Gasteiger partial charge in [-0.05, 0) is 43.3 Å². The predicted molar refractivity (Wildman–Crippen MR) is 81.6 cm³/mol. The number of aryl methyl sites for hydroxylation is 1. The Bertz CT molecular complexity index is 786. The molecule has 0 aliphatic heterocycles.